The molecule has 0 spiro atoms. The van der Waals surface area contributed by atoms with Crippen LogP contribution < -0.4 is 10.1 Å². The summed E-state index contributed by atoms with van der Waals surface area (Å²) in [6.45, 7) is -0.916. The van der Waals surface area contributed by atoms with E-state index in [-0.39, 0.29) is 17.3 Å². The van der Waals surface area contributed by atoms with Crippen molar-refractivity contribution in [1.82, 2.24) is 5.32 Å². The quantitative estimate of drug-likeness (QED) is 0.492. The monoisotopic (exact) mass is 431 g/mol. The Balaban J connectivity index is 1.40. The summed E-state index contributed by atoms with van der Waals surface area (Å²) < 4.78 is 32.9. The maximum atomic E-state index is 12.3. The number of amides is 1. The molecule has 8 nitrogen and oxygen atoms in total. The number of hydrogen-bond donors (Lipinski definition) is 1. The van der Waals surface area contributed by atoms with E-state index in [1.54, 1.807) is 48.5 Å². The molecule has 1 saturated heterocycles. The predicted octanol–water partition coefficient (Wildman–Crippen LogP) is 1.14. The second-order valence-corrected chi connectivity index (χ2v) is 9.07. The summed E-state index contributed by atoms with van der Waals surface area (Å²) in [4.78, 5) is 35.8. The molecule has 0 aliphatic carbocycles. The van der Waals surface area contributed by atoms with Crippen molar-refractivity contribution in [3.63, 3.8) is 0 Å². The predicted molar refractivity (Wildman–Crippen MR) is 108 cm³/mol. The fraction of sp³-hybridized carbons (Fsp3) is 0.286. The number of nitrogens with one attached hydrogen (secondary N) is 1. The van der Waals surface area contributed by atoms with Gasteiger partial charge in [-0.3, -0.25) is 9.59 Å². The van der Waals surface area contributed by atoms with Crippen LogP contribution in [0.2, 0.25) is 0 Å². The molecule has 0 bridgehead atoms. The average Bonchev–Trinajstić information content (AvgIpc) is 3.09. The Hall–Kier alpha value is -3.20. The zero-order valence-electron chi connectivity index (χ0n) is 16.1. The van der Waals surface area contributed by atoms with E-state index in [9.17, 15) is 22.8 Å². The number of esters is 1. The first-order valence-corrected chi connectivity index (χ1v) is 11.1. The van der Waals surface area contributed by atoms with Gasteiger partial charge in [-0.05, 0) is 30.7 Å². The molecule has 2 aromatic rings. The SMILES string of the molecule is O=C(COC(=O)COc1ccc(C(=O)c2ccccc2)cc1)NC1CCS(=O)(=O)C1. The van der Waals surface area contributed by atoms with Gasteiger partial charge < -0.3 is 14.8 Å². The molecule has 1 amide bonds. The third-order valence-corrected chi connectivity index (χ3v) is 6.24. The second-order valence-electron chi connectivity index (χ2n) is 6.84. The maximum Gasteiger partial charge on any atom is 0.344 e. The molecular formula is C21H21NO7S. The van der Waals surface area contributed by atoms with Gasteiger partial charge in [0.15, 0.2) is 28.8 Å². The molecule has 1 unspecified atom stereocenters. The number of hydrogen-bond acceptors (Lipinski definition) is 7. The highest BCUT2D eigenvalue weighted by Gasteiger charge is 2.29. The number of carbonyl (C=O) groups excluding carboxylic acids is 3. The van der Waals surface area contributed by atoms with E-state index in [0.29, 0.717) is 23.3 Å². The fourth-order valence-electron chi connectivity index (χ4n) is 2.97. The first kappa shape index (κ1) is 21.5. The van der Waals surface area contributed by atoms with E-state index in [1.165, 1.54) is 0 Å². The molecule has 158 valence electrons. The smallest absolute Gasteiger partial charge is 0.344 e. The number of ether oxygens (including phenoxy) is 2. The molecule has 0 aromatic heterocycles. The van der Waals surface area contributed by atoms with Gasteiger partial charge in [-0.15, -0.1) is 0 Å². The lowest BCUT2D eigenvalue weighted by Gasteiger charge is -2.11. The molecular weight excluding hydrogens is 410 g/mol. The van der Waals surface area contributed by atoms with E-state index in [0.717, 1.165) is 0 Å². The van der Waals surface area contributed by atoms with Crippen molar-refractivity contribution in [2.24, 2.45) is 0 Å². The van der Waals surface area contributed by atoms with E-state index in [2.05, 4.69) is 5.32 Å². The molecule has 1 fully saturated rings. The van der Waals surface area contributed by atoms with Crippen molar-refractivity contribution in [2.75, 3.05) is 24.7 Å². The van der Waals surface area contributed by atoms with Gasteiger partial charge in [-0.25, -0.2) is 13.2 Å². The molecule has 1 N–H and O–H groups in total. The van der Waals surface area contributed by atoms with Crippen LogP contribution in [0.15, 0.2) is 54.6 Å². The second kappa shape index (κ2) is 9.53. The lowest BCUT2D eigenvalue weighted by atomic mass is 10.0. The lowest BCUT2D eigenvalue weighted by molar-refractivity contribution is -0.150. The van der Waals surface area contributed by atoms with Crippen LogP contribution in [0.1, 0.15) is 22.3 Å². The van der Waals surface area contributed by atoms with Crippen LogP contribution in [-0.2, 0) is 24.2 Å². The van der Waals surface area contributed by atoms with E-state index in [4.69, 9.17) is 9.47 Å². The van der Waals surface area contributed by atoms with Crippen molar-refractivity contribution >= 4 is 27.5 Å². The number of sulfone groups is 1. The molecule has 1 heterocycles. The summed E-state index contributed by atoms with van der Waals surface area (Å²) in [6, 6.07) is 14.7. The first-order chi connectivity index (χ1) is 14.3. The standard InChI is InChI=1S/C21H21NO7S/c23-19(22-17-10-11-30(26,27)14-17)12-29-20(24)13-28-18-8-6-16(7-9-18)21(25)15-4-2-1-3-5-15/h1-9,17H,10-14H2,(H,22,23). The molecule has 1 atom stereocenters. The lowest BCUT2D eigenvalue weighted by Crippen LogP contribution is -2.38. The zero-order chi connectivity index (χ0) is 21.6. The van der Waals surface area contributed by atoms with Gasteiger partial charge >= 0.3 is 5.97 Å². The summed E-state index contributed by atoms with van der Waals surface area (Å²) in [5.74, 6) is -1.11. The molecule has 1 aliphatic heterocycles. The molecule has 30 heavy (non-hydrogen) atoms. The van der Waals surface area contributed by atoms with Gasteiger partial charge in [0.05, 0.1) is 11.5 Å². The van der Waals surface area contributed by atoms with Gasteiger partial charge in [0.2, 0.25) is 0 Å². The Labute approximate surface area is 174 Å². The largest absolute Gasteiger partial charge is 0.482 e. The topological polar surface area (TPSA) is 116 Å². The van der Waals surface area contributed by atoms with Crippen molar-refractivity contribution < 1.29 is 32.3 Å². The van der Waals surface area contributed by atoms with Crippen LogP contribution in [0.5, 0.6) is 5.75 Å². The van der Waals surface area contributed by atoms with Crippen LogP contribution in [0, 0.1) is 0 Å². The van der Waals surface area contributed by atoms with Crippen LogP contribution in [0.4, 0.5) is 0 Å². The molecule has 3 rings (SSSR count). The minimum atomic E-state index is -3.10. The highest BCUT2D eigenvalue weighted by Crippen LogP contribution is 2.15. The Morgan fingerprint density at radius 1 is 0.933 bits per heavy atom. The summed E-state index contributed by atoms with van der Waals surface area (Å²) >= 11 is 0. The van der Waals surface area contributed by atoms with Crippen LogP contribution in [0.3, 0.4) is 0 Å². The molecule has 1 aliphatic rings. The number of carbonyl (C=O) groups is 3. The van der Waals surface area contributed by atoms with Crippen molar-refractivity contribution in [3.8, 4) is 5.75 Å². The Bertz CT molecular complexity index is 1020. The van der Waals surface area contributed by atoms with Gasteiger partial charge in [0, 0.05) is 17.2 Å². The third-order valence-electron chi connectivity index (χ3n) is 4.47. The van der Waals surface area contributed by atoms with Crippen molar-refractivity contribution in [1.29, 1.82) is 0 Å². The normalized spacial score (nSPS) is 17.1. The maximum absolute atomic E-state index is 12.3. The van der Waals surface area contributed by atoms with Crippen LogP contribution >= 0.6 is 0 Å². The molecule has 9 heteroatoms. The number of rotatable bonds is 8. The Morgan fingerprint density at radius 2 is 1.60 bits per heavy atom. The first-order valence-electron chi connectivity index (χ1n) is 9.30. The van der Waals surface area contributed by atoms with E-state index < -0.39 is 41.0 Å². The molecule has 0 saturated carbocycles. The highest BCUT2D eigenvalue weighted by atomic mass is 32.2. The van der Waals surface area contributed by atoms with Crippen molar-refractivity contribution in [2.45, 2.75) is 12.5 Å². The summed E-state index contributed by atoms with van der Waals surface area (Å²) in [6.07, 6.45) is 0.355. The average molecular weight is 431 g/mol. The number of ketones is 1. The van der Waals surface area contributed by atoms with Gasteiger partial charge in [0.1, 0.15) is 5.75 Å². The molecule has 0 radical (unpaired) electrons. The summed E-state index contributed by atoms with van der Waals surface area (Å²) in [5.41, 5.74) is 1.06. The van der Waals surface area contributed by atoms with Crippen LogP contribution in [-0.4, -0.2) is 56.8 Å². The Kier molecular flexibility index (Phi) is 6.83. The minimum Gasteiger partial charge on any atom is -0.482 e. The van der Waals surface area contributed by atoms with Crippen LogP contribution in [0.25, 0.3) is 0 Å². The summed E-state index contributed by atoms with van der Waals surface area (Å²) in [7, 11) is -3.10. The van der Waals surface area contributed by atoms with Gasteiger partial charge in [-0.1, -0.05) is 30.3 Å². The van der Waals surface area contributed by atoms with Gasteiger partial charge in [-0.2, -0.15) is 0 Å². The summed E-state index contributed by atoms with van der Waals surface area (Å²) in [5, 5.41) is 2.53. The minimum absolute atomic E-state index is 0.0430. The van der Waals surface area contributed by atoms with E-state index >= 15 is 0 Å². The Morgan fingerprint density at radius 3 is 2.23 bits per heavy atom. The zero-order valence-corrected chi connectivity index (χ0v) is 16.9. The number of benzene rings is 2. The fourth-order valence-corrected chi connectivity index (χ4v) is 4.64. The molecule has 2 aromatic carbocycles. The third kappa shape index (κ3) is 6.15. The highest BCUT2D eigenvalue weighted by molar-refractivity contribution is 7.91. The van der Waals surface area contributed by atoms with Gasteiger partial charge in [0.25, 0.3) is 5.91 Å². The van der Waals surface area contributed by atoms with E-state index in [1.807, 2.05) is 6.07 Å². The van der Waals surface area contributed by atoms with Crippen molar-refractivity contribution in [3.05, 3.63) is 65.7 Å².